The molecule has 8 nitrogen and oxygen atoms in total. The second-order valence-corrected chi connectivity index (χ2v) is 18.8. The fraction of sp³-hybridized carbons (Fsp3) is 0.950. The Morgan fingerprint density at radius 3 is 2.27 bits per heavy atom. The van der Waals surface area contributed by atoms with Crippen LogP contribution in [0.4, 0.5) is 0 Å². The highest BCUT2D eigenvalue weighted by Gasteiger charge is 2.68. The minimum absolute atomic E-state index is 0.00975. The smallest absolute Gasteiger partial charge is 0.232 e. The molecule has 2 amide bonds. The third-order valence-electron chi connectivity index (χ3n) is 16.5. The summed E-state index contributed by atoms with van der Waals surface area (Å²) in [4.78, 5) is 33.2. The third kappa shape index (κ3) is 5.88. The lowest BCUT2D eigenvalue weighted by Gasteiger charge is -2.61. The number of piperidine rings is 1. The molecule has 1 unspecified atom stereocenters. The Hall–Kier alpha value is -1.22. The van der Waals surface area contributed by atoms with E-state index in [9.17, 15) is 9.59 Å². The topological polar surface area (TPSA) is 77.1 Å². The zero-order valence-corrected chi connectivity index (χ0v) is 30.8. The lowest BCUT2D eigenvalue weighted by molar-refractivity contribution is -0.140. The highest BCUT2D eigenvalue weighted by Crippen LogP contribution is 2.71. The number of rotatable bonds is 6. The molecule has 4 heterocycles. The van der Waals surface area contributed by atoms with Crippen LogP contribution in [0, 0.1) is 52.3 Å². The maximum Gasteiger partial charge on any atom is 0.232 e. The summed E-state index contributed by atoms with van der Waals surface area (Å²) in [5.41, 5.74) is 0.703. The van der Waals surface area contributed by atoms with Crippen molar-refractivity contribution in [2.75, 3.05) is 58.9 Å². The van der Waals surface area contributed by atoms with Gasteiger partial charge in [-0.05, 0) is 136 Å². The monoisotopic (exact) mass is 666 g/mol. The van der Waals surface area contributed by atoms with Gasteiger partial charge in [-0.1, -0.05) is 27.7 Å². The van der Waals surface area contributed by atoms with Crippen molar-refractivity contribution < 1.29 is 14.3 Å². The van der Waals surface area contributed by atoms with Crippen LogP contribution in [-0.4, -0.2) is 103 Å². The van der Waals surface area contributed by atoms with Crippen LogP contribution in [0.2, 0.25) is 0 Å². The molecule has 4 saturated carbocycles. The van der Waals surface area contributed by atoms with Gasteiger partial charge in [0.1, 0.15) is 12.1 Å². The van der Waals surface area contributed by atoms with Crippen LogP contribution in [0.3, 0.4) is 0 Å². The van der Waals surface area contributed by atoms with E-state index in [1.807, 2.05) is 4.90 Å². The van der Waals surface area contributed by atoms with Crippen LogP contribution in [0.1, 0.15) is 111 Å². The summed E-state index contributed by atoms with van der Waals surface area (Å²) in [5.74, 6) is 5.09. The van der Waals surface area contributed by atoms with Crippen molar-refractivity contribution in [2.24, 2.45) is 52.3 Å². The largest absolute Gasteiger partial charge is 0.357 e. The standard InChI is InChI=1S/C40H67N5O3/c1-27-9-14-40(41-26-27)28(2)37-34(48-40)24-33-31-8-7-29-23-30(10-12-38(29,3)32(31)11-13-39(33,37)4)42-35(46)25-36(47)45-21-19-44(20-22-45)18-17-43-15-5-6-16-43/h27-34,37,41H,5-26H2,1-4H3,(H,42,46)/t27-,28+,29+,30?,31-,32+,33+,34+,37+,38+,39+,40-/m1/s1. The normalized spacial score (nSPS) is 47.8. The number of hydrogen-bond acceptors (Lipinski definition) is 6. The number of fused-ring (bicyclic) bond motifs is 7. The number of nitrogens with one attached hydrogen (secondary N) is 2. The molecule has 8 heteroatoms. The molecule has 4 aliphatic heterocycles. The number of carbonyl (C=O) groups excluding carboxylic acids is 2. The van der Waals surface area contributed by atoms with Crippen LogP contribution in [0.15, 0.2) is 0 Å². The van der Waals surface area contributed by atoms with E-state index in [0.29, 0.717) is 34.7 Å². The maximum atomic E-state index is 13.2. The molecular weight excluding hydrogens is 598 g/mol. The first-order valence-corrected chi connectivity index (χ1v) is 20.5. The summed E-state index contributed by atoms with van der Waals surface area (Å²) in [6.07, 6.45) is 15.6. The summed E-state index contributed by atoms with van der Waals surface area (Å²) < 4.78 is 7.11. The molecule has 0 bridgehead atoms. The van der Waals surface area contributed by atoms with Crippen molar-refractivity contribution in [2.45, 2.75) is 129 Å². The van der Waals surface area contributed by atoms with E-state index in [2.05, 4.69) is 48.1 Å². The number of amides is 2. The van der Waals surface area contributed by atoms with Crippen molar-refractivity contribution in [1.29, 1.82) is 0 Å². The van der Waals surface area contributed by atoms with Crippen molar-refractivity contribution in [3.8, 4) is 0 Å². The van der Waals surface area contributed by atoms with Crippen molar-refractivity contribution in [1.82, 2.24) is 25.3 Å². The van der Waals surface area contributed by atoms with Gasteiger partial charge in [-0.15, -0.1) is 0 Å². The van der Waals surface area contributed by atoms with Gasteiger partial charge >= 0.3 is 0 Å². The van der Waals surface area contributed by atoms with Gasteiger partial charge in [0.15, 0.2) is 0 Å². The Kier molecular flexibility index (Phi) is 9.24. The number of ether oxygens (including phenoxy) is 1. The second kappa shape index (κ2) is 13.1. The van der Waals surface area contributed by atoms with Crippen LogP contribution in [0.5, 0.6) is 0 Å². The van der Waals surface area contributed by atoms with E-state index < -0.39 is 0 Å². The van der Waals surface area contributed by atoms with Crippen LogP contribution >= 0.6 is 0 Å². The highest BCUT2D eigenvalue weighted by molar-refractivity contribution is 5.97. The Morgan fingerprint density at radius 1 is 0.812 bits per heavy atom. The fourth-order valence-corrected chi connectivity index (χ4v) is 13.6. The second-order valence-electron chi connectivity index (χ2n) is 18.8. The van der Waals surface area contributed by atoms with Gasteiger partial charge in [0.2, 0.25) is 11.8 Å². The summed E-state index contributed by atoms with van der Waals surface area (Å²) >= 11 is 0. The average Bonchev–Trinajstić information content (AvgIpc) is 3.77. The minimum atomic E-state index is -0.0778. The van der Waals surface area contributed by atoms with Crippen LogP contribution in [0.25, 0.3) is 0 Å². The summed E-state index contributed by atoms with van der Waals surface area (Å²) in [6.45, 7) is 19.4. The molecule has 0 radical (unpaired) electrons. The summed E-state index contributed by atoms with van der Waals surface area (Å²) in [5, 5.41) is 7.27. The summed E-state index contributed by atoms with van der Waals surface area (Å²) in [6, 6.07) is 0.221. The van der Waals surface area contributed by atoms with Gasteiger partial charge in [0, 0.05) is 57.8 Å². The number of carbonyl (C=O) groups is 2. The Bertz CT molecular complexity index is 1190. The van der Waals surface area contributed by atoms with Crippen LogP contribution < -0.4 is 10.6 Å². The van der Waals surface area contributed by atoms with E-state index in [1.165, 1.54) is 77.3 Å². The molecule has 1 spiro atoms. The Balaban J connectivity index is 0.820. The van der Waals surface area contributed by atoms with Crippen molar-refractivity contribution >= 4 is 11.8 Å². The van der Waals surface area contributed by atoms with Gasteiger partial charge in [0.25, 0.3) is 0 Å². The number of piperazine rings is 1. The predicted octanol–water partition coefficient (Wildman–Crippen LogP) is 5.12. The van der Waals surface area contributed by atoms with Gasteiger partial charge in [-0.2, -0.15) is 0 Å². The molecule has 8 aliphatic rings. The third-order valence-corrected chi connectivity index (χ3v) is 16.5. The minimum Gasteiger partial charge on any atom is -0.357 e. The van der Waals surface area contributed by atoms with Crippen molar-refractivity contribution in [3.63, 3.8) is 0 Å². The predicted molar refractivity (Wildman–Crippen MR) is 189 cm³/mol. The molecule has 0 aromatic rings. The van der Waals surface area contributed by atoms with E-state index in [0.717, 1.165) is 82.3 Å². The number of nitrogens with zero attached hydrogens (tertiary/aromatic N) is 3. The van der Waals surface area contributed by atoms with Gasteiger partial charge < -0.3 is 19.9 Å². The Morgan fingerprint density at radius 2 is 1.54 bits per heavy atom. The molecule has 0 aromatic heterocycles. The Labute approximate surface area is 291 Å². The van der Waals surface area contributed by atoms with E-state index in [4.69, 9.17) is 4.74 Å². The lowest BCUT2D eigenvalue weighted by atomic mass is 9.44. The molecule has 12 atom stereocenters. The molecule has 4 aliphatic carbocycles. The van der Waals surface area contributed by atoms with E-state index in [1.54, 1.807) is 0 Å². The zero-order valence-electron chi connectivity index (χ0n) is 30.8. The molecule has 8 rings (SSSR count). The number of hydrogen-bond donors (Lipinski definition) is 2. The van der Waals surface area contributed by atoms with Crippen LogP contribution in [-0.2, 0) is 14.3 Å². The van der Waals surface area contributed by atoms with Gasteiger partial charge in [-0.3, -0.25) is 19.8 Å². The first-order chi connectivity index (χ1) is 23.1. The molecular formula is C40H67N5O3. The SMILES string of the molecule is C[C@@H]1CC[C@@]2(NC1)O[C@H]1C[C@H]3[C@@H]4CC[C@H]5CC(NC(=O)CC(=O)N6CCN(CCN7CCCC7)CC6)CC[C@]5(C)[C@H]4CC[C@]3(C)[C@H]1[C@@H]2C. The van der Waals surface area contributed by atoms with Gasteiger partial charge in [-0.25, -0.2) is 0 Å². The molecule has 4 saturated heterocycles. The zero-order chi connectivity index (χ0) is 33.3. The molecule has 270 valence electrons. The fourth-order valence-electron chi connectivity index (χ4n) is 13.6. The summed E-state index contributed by atoms with van der Waals surface area (Å²) in [7, 11) is 0. The quantitative estimate of drug-likeness (QED) is 0.384. The molecule has 2 N–H and O–H groups in total. The molecule has 8 fully saturated rings. The average molecular weight is 666 g/mol. The maximum absolute atomic E-state index is 13.2. The number of likely N-dealkylation sites (tertiary alicyclic amines) is 1. The molecule has 48 heavy (non-hydrogen) atoms. The van der Waals surface area contributed by atoms with E-state index in [-0.39, 0.29) is 30.0 Å². The first-order valence-electron chi connectivity index (χ1n) is 20.5. The van der Waals surface area contributed by atoms with Crippen molar-refractivity contribution in [3.05, 3.63) is 0 Å². The molecule has 0 aromatic carbocycles. The van der Waals surface area contributed by atoms with Gasteiger partial charge in [0.05, 0.1) is 6.10 Å². The highest BCUT2D eigenvalue weighted by atomic mass is 16.5. The first kappa shape index (κ1) is 33.9. The van der Waals surface area contributed by atoms with E-state index >= 15 is 0 Å². The lowest BCUT2D eigenvalue weighted by Crippen LogP contribution is -2.58.